The first-order valence-corrected chi connectivity index (χ1v) is 12.6. The summed E-state index contributed by atoms with van der Waals surface area (Å²) in [5.41, 5.74) is 2.19. The highest BCUT2D eigenvalue weighted by Gasteiger charge is 2.41. The van der Waals surface area contributed by atoms with Crippen molar-refractivity contribution in [3.63, 3.8) is 0 Å². The normalized spacial score (nSPS) is 20.4. The number of halogens is 2. The SMILES string of the molecule is COc1ccc(-c2csc([C@@H]3C[C@H](C(=O)Nc4ccc(F)c(Cl)c4)N(C)S(=O)(=O)N3)c2)cc1. The zero-order valence-electron chi connectivity index (χ0n) is 17.7. The van der Waals surface area contributed by atoms with E-state index in [4.69, 9.17) is 16.3 Å². The number of carbonyl (C=O) groups is 1. The lowest BCUT2D eigenvalue weighted by atomic mass is 10.0. The van der Waals surface area contributed by atoms with Crippen LogP contribution in [-0.4, -0.2) is 38.8 Å². The highest BCUT2D eigenvalue weighted by Crippen LogP contribution is 2.35. The van der Waals surface area contributed by atoms with Gasteiger partial charge in [0, 0.05) is 17.6 Å². The van der Waals surface area contributed by atoms with Gasteiger partial charge in [-0.2, -0.15) is 17.4 Å². The maximum atomic E-state index is 13.4. The number of benzene rings is 2. The standard InChI is InChI=1S/C22H21ClFN3O4S2/c1-27-20(22(28)25-15-5-8-18(24)17(23)10-15)11-19(26-33(27,29)30)21-9-14(12-32-21)13-3-6-16(31-2)7-4-13/h3-10,12,19-20,26H,11H2,1-2H3,(H,25,28)/t19-,20+/m0/s1. The van der Waals surface area contributed by atoms with Gasteiger partial charge in [0.25, 0.3) is 10.2 Å². The smallest absolute Gasteiger partial charge is 0.280 e. The summed E-state index contributed by atoms with van der Waals surface area (Å²) in [5, 5.41) is 4.44. The Morgan fingerprint density at radius 2 is 1.94 bits per heavy atom. The number of hydrogen-bond donors (Lipinski definition) is 2. The van der Waals surface area contributed by atoms with Gasteiger partial charge in [-0.05, 0) is 59.3 Å². The van der Waals surface area contributed by atoms with Gasteiger partial charge in [0.2, 0.25) is 5.91 Å². The van der Waals surface area contributed by atoms with E-state index in [2.05, 4.69) is 10.0 Å². The third-order valence-electron chi connectivity index (χ3n) is 5.44. The van der Waals surface area contributed by atoms with E-state index in [0.29, 0.717) is 0 Å². The van der Waals surface area contributed by atoms with Crippen LogP contribution >= 0.6 is 22.9 Å². The molecule has 0 unspecified atom stereocenters. The highest BCUT2D eigenvalue weighted by atomic mass is 35.5. The molecule has 1 aliphatic heterocycles. The van der Waals surface area contributed by atoms with Gasteiger partial charge in [0.05, 0.1) is 18.2 Å². The van der Waals surface area contributed by atoms with Crippen molar-refractivity contribution >= 4 is 44.7 Å². The molecule has 2 aromatic carbocycles. The van der Waals surface area contributed by atoms with Crippen molar-refractivity contribution in [2.24, 2.45) is 0 Å². The Kier molecular flexibility index (Phi) is 6.73. The predicted octanol–water partition coefficient (Wildman–Crippen LogP) is 4.43. The lowest BCUT2D eigenvalue weighted by Gasteiger charge is -2.35. The Labute approximate surface area is 200 Å². The summed E-state index contributed by atoms with van der Waals surface area (Å²) in [6.45, 7) is 0. The van der Waals surface area contributed by atoms with Crippen LogP contribution in [0.5, 0.6) is 5.75 Å². The number of rotatable bonds is 5. The van der Waals surface area contributed by atoms with Crippen molar-refractivity contribution in [1.29, 1.82) is 0 Å². The van der Waals surface area contributed by atoms with E-state index in [9.17, 15) is 17.6 Å². The number of anilines is 1. The summed E-state index contributed by atoms with van der Waals surface area (Å²) in [6.07, 6.45) is 0.221. The predicted molar refractivity (Wildman–Crippen MR) is 127 cm³/mol. The lowest BCUT2D eigenvalue weighted by Crippen LogP contribution is -2.55. The third-order valence-corrected chi connectivity index (χ3v) is 8.38. The Balaban J connectivity index is 1.55. The van der Waals surface area contributed by atoms with Crippen molar-refractivity contribution in [2.45, 2.75) is 18.5 Å². The van der Waals surface area contributed by atoms with E-state index in [1.807, 2.05) is 35.7 Å². The van der Waals surface area contributed by atoms with Gasteiger partial charge in [0.15, 0.2) is 0 Å². The molecule has 1 saturated heterocycles. The summed E-state index contributed by atoms with van der Waals surface area (Å²) < 4.78 is 47.7. The molecular formula is C22H21ClFN3O4S2. The molecule has 2 N–H and O–H groups in total. The average Bonchev–Trinajstić information content (AvgIpc) is 3.28. The molecule has 0 saturated carbocycles. The van der Waals surface area contributed by atoms with Crippen LogP contribution in [-0.2, 0) is 15.0 Å². The second kappa shape index (κ2) is 9.40. The molecule has 2 heterocycles. The first-order valence-electron chi connectivity index (χ1n) is 9.92. The Morgan fingerprint density at radius 1 is 1.21 bits per heavy atom. The van der Waals surface area contributed by atoms with Crippen molar-refractivity contribution in [2.75, 3.05) is 19.5 Å². The van der Waals surface area contributed by atoms with Crippen LogP contribution in [0.3, 0.4) is 0 Å². The van der Waals surface area contributed by atoms with Crippen LogP contribution in [0.2, 0.25) is 5.02 Å². The van der Waals surface area contributed by atoms with E-state index < -0.39 is 34.0 Å². The Morgan fingerprint density at radius 3 is 2.61 bits per heavy atom. The fourth-order valence-electron chi connectivity index (χ4n) is 3.57. The quantitative estimate of drug-likeness (QED) is 0.532. The van der Waals surface area contributed by atoms with Crippen LogP contribution in [0.25, 0.3) is 11.1 Å². The van der Waals surface area contributed by atoms with Gasteiger partial charge in [-0.15, -0.1) is 11.3 Å². The molecule has 4 rings (SSSR count). The molecule has 174 valence electrons. The number of amides is 1. The second-order valence-corrected chi connectivity index (χ2v) is 10.6. The molecule has 11 heteroatoms. The van der Waals surface area contributed by atoms with E-state index in [1.165, 1.54) is 30.5 Å². The Bertz CT molecular complexity index is 1280. The molecular weight excluding hydrogens is 489 g/mol. The maximum absolute atomic E-state index is 13.4. The van der Waals surface area contributed by atoms with Crippen molar-refractivity contribution < 1.29 is 22.3 Å². The topological polar surface area (TPSA) is 87.7 Å². The maximum Gasteiger partial charge on any atom is 0.280 e. The molecule has 0 bridgehead atoms. The fourth-order valence-corrected chi connectivity index (χ4v) is 6.07. The fraction of sp³-hybridized carbons (Fsp3) is 0.227. The molecule has 1 amide bonds. The van der Waals surface area contributed by atoms with Crippen molar-refractivity contribution in [3.05, 3.63) is 69.6 Å². The number of methoxy groups -OCH3 is 1. The first kappa shape index (κ1) is 23.7. The largest absolute Gasteiger partial charge is 0.497 e. The van der Waals surface area contributed by atoms with E-state index in [0.717, 1.165) is 32.1 Å². The average molecular weight is 510 g/mol. The monoisotopic (exact) mass is 509 g/mol. The number of nitrogens with zero attached hydrogens (tertiary/aromatic N) is 1. The molecule has 1 aromatic heterocycles. The number of hydrogen-bond acceptors (Lipinski definition) is 5. The van der Waals surface area contributed by atoms with E-state index in [1.54, 1.807) is 7.11 Å². The number of nitrogens with one attached hydrogen (secondary N) is 2. The lowest BCUT2D eigenvalue weighted by molar-refractivity contribution is -0.120. The van der Waals surface area contributed by atoms with Gasteiger partial charge in [-0.25, -0.2) is 4.39 Å². The molecule has 0 aliphatic carbocycles. The van der Waals surface area contributed by atoms with Crippen LogP contribution < -0.4 is 14.8 Å². The van der Waals surface area contributed by atoms with Gasteiger partial charge >= 0.3 is 0 Å². The molecule has 1 aliphatic rings. The van der Waals surface area contributed by atoms with Gasteiger partial charge in [-0.3, -0.25) is 4.79 Å². The molecule has 33 heavy (non-hydrogen) atoms. The van der Waals surface area contributed by atoms with Crippen LogP contribution in [0.1, 0.15) is 17.3 Å². The number of likely N-dealkylation sites (N-methyl/N-ethyl adjacent to an activating group) is 1. The minimum absolute atomic E-state index is 0.137. The van der Waals surface area contributed by atoms with E-state index >= 15 is 0 Å². The van der Waals surface area contributed by atoms with Gasteiger partial charge < -0.3 is 10.1 Å². The van der Waals surface area contributed by atoms with E-state index in [-0.39, 0.29) is 17.1 Å². The molecule has 1 fully saturated rings. The molecule has 2 atom stereocenters. The summed E-state index contributed by atoms with van der Waals surface area (Å²) >= 11 is 7.20. The van der Waals surface area contributed by atoms with Crippen molar-refractivity contribution in [3.8, 4) is 16.9 Å². The van der Waals surface area contributed by atoms with Gasteiger partial charge in [-0.1, -0.05) is 23.7 Å². The number of thiophene rings is 1. The molecule has 3 aromatic rings. The zero-order chi connectivity index (χ0) is 23.8. The number of carbonyl (C=O) groups excluding carboxylic acids is 1. The first-order chi connectivity index (χ1) is 15.7. The van der Waals surface area contributed by atoms with Crippen LogP contribution in [0.4, 0.5) is 10.1 Å². The van der Waals surface area contributed by atoms with Crippen LogP contribution in [0, 0.1) is 5.82 Å². The molecule has 0 radical (unpaired) electrons. The number of ether oxygens (including phenoxy) is 1. The minimum atomic E-state index is -3.90. The summed E-state index contributed by atoms with van der Waals surface area (Å²) in [6, 6.07) is 11.7. The summed E-state index contributed by atoms with van der Waals surface area (Å²) in [7, 11) is -0.955. The Hall–Kier alpha value is -2.50. The van der Waals surface area contributed by atoms with Crippen molar-refractivity contribution in [1.82, 2.24) is 9.03 Å². The zero-order valence-corrected chi connectivity index (χ0v) is 20.1. The summed E-state index contributed by atoms with van der Waals surface area (Å²) in [4.78, 5) is 13.7. The third kappa shape index (κ3) is 5.04. The highest BCUT2D eigenvalue weighted by molar-refractivity contribution is 7.87. The second-order valence-electron chi connectivity index (χ2n) is 7.53. The van der Waals surface area contributed by atoms with Gasteiger partial charge in [0.1, 0.15) is 17.6 Å². The molecule has 0 spiro atoms. The molecule has 7 nitrogen and oxygen atoms in total. The minimum Gasteiger partial charge on any atom is -0.497 e. The summed E-state index contributed by atoms with van der Waals surface area (Å²) in [5.74, 6) is -0.391. The van der Waals surface area contributed by atoms with Crippen LogP contribution in [0.15, 0.2) is 53.9 Å².